The van der Waals surface area contributed by atoms with Crippen LogP contribution in [-0.2, 0) is 14.4 Å². The molecule has 0 bridgehead atoms. The van der Waals surface area contributed by atoms with Crippen LogP contribution in [0.2, 0.25) is 0 Å². The Kier molecular flexibility index (Phi) is 20.0. The first-order chi connectivity index (χ1) is 8.87. The van der Waals surface area contributed by atoms with Gasteiger partial charge in [-0.05, 0) is 39.8 Å². The molecule has 1 amide bonds. The van der Waals surface area contributed by atoms with Crippen molar-refractivity contribution in [3.8, 4) is 0 Å². The molecule has 0 saturated heterocycles. The van der Waals surface area contributed by atoms with E-state index in [-0.39, 0.29) is 46.6 Å². The van der Waals surface area contributed by atoms with E-state index in [9.17, 15) is 9.59 Å². The van der Waals surface area contributed by atoms with E-state index in [0.29, 0.717) is 0 Å². The molecule has 114 valence electrons. The van der Waals surface area contributed by atoms with Crippen LogP contribution in [0.25, 0.3) is 0 Å². The zero-order valence-corrected chi connectivity index (χ0v) is 15.4. The Labute approximate surface area is 147 Å². The van der Waals surface area contributed by atoms with Crippen molar-refractivity contribution in [2.45, 2.75) is 33.2 Å². The van der Waals surface area contributed by atoms with Crippen LogP contribution in [0.4, 0.5) is 0 Å². The Morgan fingerprint density at radius 2 is 1.43 bits per heavy atom. The zero-order valence-electron chi connectivity index (χ0n) is 13.4. The minimum Gasteiger partial charge on any atom is -0.545 e. The topological polar surface area (TPSA) is 107 Å². The van der Waals surface area contributed by atoms with Gasteiger partial charge in [-0.2, -0.15) is 0 Å². The Morgan fingerprint density at radius 1 is 1.14 bits per heavy atom. The standard InChI is InChI=1S/C7H13NO.C4H6O2.C3H4O2.Na/c1-5-6(9)8-7(2,3)4;1-3(2)4(5)6;1-2-3(4)5;/h5H,1H2,2-4H3,(H,8,9);1H2,2H3,(H,5,6);2H,1H2,(H,4,5);/q;;;+1/p-1. The minimum atomic E-state index is -1.23. The number of hydrogen-bond donors (Lipinski definition) is 2. The van der Waals surface area contributed by atoms with Gasteiger partial charge >= 0.3 is 35.5 Å². The van der Waals surface area contributed by atoms with Gasteiger partial charge < -0.3 is 20.3 Å². The first-order valence-electron chi connectivity index (χ1n) is 5.54. The van der Waals surface area contributed by atoms with E-state index in [2.05, 4.69) is 25.1 Å². The maximum atomic E-state index is 10.6. The summed E-state index contributed by atoms with van der Waals surface area (Å²) in [7, 11) is 0. The monoisotopic (exact) mass is 307 g/mol. The quantitative estimate of drug-likeness (QED) is 0.449. The van der Waals surface area contributed by atoms with Crippen molar-refractivity contribution >= 4 is 17.8 Å². The van der Waals surface area contributed by atoms with Gasteiger partial charge in [-0.1, -0.05) is 19.7 Å². The van der Waals surface area contributed by atoms with E-state index in [1.165, 1.54) is 13.0 Å². The normalized spacial score (nSPS) is 8.19. The molecule has 7 heteroatoms. The Bertz CT molecular complexity index is 371. The number of carbonyl (C=O) groups is 3. The first kappa shape index (κ1) is 27.9. The smallest absolute Gasteiger partial charge is 0.545 e. The van der Waals surface area contributed by atoms with E-state index in [0.717, 1.165) is 6.08 Å². The summed E-state index contributed by atoms with van der Waals surface area (Å²) in [5.41, 5.74) is 0.0284. The van der Waals surface area contributed by atoms with Gasteiger partial charge in [0.2, 0.25) is 5.91 Å². The van der Waals surface area contributed by atoms with E-state index in [4.69, 9.17) is 15.0 Å². The molecule has 2 N–H and O–H groups in total. The number of hydrogen-bond acceptors (Lipinski definition) is 4. The molecule has 0 fully saturated rings. The van der Waals surface area contributed by atoms with Crippen LogP contribution >= 0.6 is 0 Å². The molecular weight excluding hydrogens is 285 g/mol. The van der Waals surface area contributed by atoms with Crippen LogP contribution in [-0.4, -0.2) is 28.5 Å². The fraction of sp³-hybridized carbons (Fsp3) is 0.357. The summed E-state index contributed by atoms with van der Waals surface area (Å²) in [6.45, 7) is 16.6. The summed E-state index contributed by atoms with van der Waals surface area (Å²) in [4.78, 5) is 29.3. The van der Waals surface area contributed by atoms with Gasteiger partial charge in [0, 0.05) is 11.1 Å². The number of aliphatic carboxylic acids is 2. The molecule has 21 heavy (non-hydrogen) atoms. The van der Waals surface area contributed by atoms with Crippen LogP contribution in [0.3, 0.4) is 0 Å². The molecule has 0 aromatic rings. The van der Waals surface area contributed by atoms with E-state index in [1.54, 1.807) is 0 Å². The predicted octanol–water partition coefficient (Wildman–Crippen LogP) is -2.34. The third-order valence-electron chi connectivity index (χ3n) is 1.22. The van der Waals surface area contributed by atoms with Gasteiger partial charge in [0.1, 0.15) is 0 Å². The van der Waals surface area contributed by atoms with Gasteiger partial charge in [0.15, 0.2) is 0 Å². The molecule has 0 atom stereocenters. The number of nitrogens with one attached hydrogen (secondary N) is 1. The molecular formula is C14H22NNaO5. The molecule has 0 heterocycles. The maximum Gasteiger partial charge on any atom is 1.00 e. The second-order valence-corrected chi connectivity index (χ2v) is 4.55. The van der Waals surface area contributed by atoms with Gasteiger partial charge in [-0.3, -0.25) is 4.79 Å². The fourth-order valence-corrected chi connectivity index (χ4v) is 0.421. The Balaban J connectivity index is -0.000000106. The third-order valence-corrected chi connectivity index (χ3v) is 1.22. The van der Waals surface area contributed by atoms with Crippen LogP contribution < -0.4 is 40.0 Å². The van der Waals surface area contributed by atoms with Crippen molar-refractivity contribution in [1.82, 2.24) is 5.32 Å². The molecule has 0 aromatic carbocycles. The van der Waals surface area contributed by atoms with Crippen molar-refractivity contribution in [1.29, 1.82) is 0 Å². The van der Waals surface area contributed by atoms with E-state index >= 15 is 0 Å². The maximum absolute atomic E-state index is 10.6. The van der Waals surface area contributed by atoms with Crippen molar-refractivity contribution < 1.29 is 54.2 Å². The zero-order chi connectivity index (χ0) is 16.9. The first-order valence-corrected chi connectivity index (χ1v) is 5.54. The minimum absolute atomic E-state index is 0. The van der Waals surface area contributed by atoms with Crippen LogP contribution in [0, 0.1) is 0 Å². The molecule has 0 aliphatic carbocycles. The molecule has 0 spiro atoms. The van der Waals surface area contributed by atoms with Crippen molar-refractivity contribution in [2.75, 3.05) is 0 Å². The average Bonchev–Trinajstić information content (AvgIpc) is 2.28. The number of carboxylic acids is 2. The second-order valence-electron chi connectivity index (χ2n) is 4.55. The number of carboxylic acid groups (broad SMARTS) is 2. The second kappa shape index (κ2) is 15.0. The SMILES string of the molecule is C=C(C)C(=O)O.C=CC(=O)NC(C)(C)C.C=CC(=O)[O-].[Na+]. The molecule has 0 aliphatic rings. The fourth-order valence-electron chi connectivity index (χ4n) is 0.421. The van der Waals surface area contributed by atoms with Crippen molar-refractivity contribution in [2.24, 2.45) is 0 Å². The van der Waals surface area contributed by atoms with Gasteiger partial charge in [0.05, 0.1) is 5.97 Å². The summed E-state index contributed by atoms with van der Waals surface area (Å²) < 4.78 is 0. The number of carbonyl (C=O) groups excluding carboxylic acids is 2. The van der Waals surface area contributed by atoms with Crippen LogP contribution in [0.15, 0.2) is 37.5 Å². The molecule has 0 radical (unpaired) electrons. The van der Waals surface area contributed by atoms with Gasteiger partial charge in [-0.25, -0.2) is 4.79 Å². The number of amides is 1. The molecule has 0 saturated carbocycles. The summed E-state index contributed by atoms with van der Waals surface area (Å²) in [6.07, 6.45) is 1.99. The van der Waals surface area contributed by atoms with Gasteiger partial charge in [0.25, 0.3) is 0 Å². The van der Waals surface area contributed by atoms with Gasteiger partial charge in [-0.15, -0.1) is 0 Å². The molecule has 6 nitrogen and oxygen atoms in total. The molecule has 0 rings (SSSR count). The third kappa shape index (κ3) is 38.1. The Hall–Kier alpha value is -1.37. The van der Waals surface area contributed by atoms with Crippen LogP contribution in [0.5, 0.6) is 0 Å². The molecule has 0 aliphatic heterocycles. The summed E-state index contributed by atoms with van der Waals surface area (Å²) >= 11 is 0. The summed E-state index contributed by atoms with van der Waals surface area (Å²) in [5, 5.41) is 19.7. The summed E-state index contributed by atoms with van der Waals surface area (Å²) in [5.74, 6) is -2.29. The predicted molar refractivity (Wildman–Crippen MR) is 75.7 cm³/mol. The van der Waals surface area contributed by atoms with E-state index < -0.39 is 11.9 Å². The number of rotatable bonds is 3. The Morgan fingerprint density at radius 3 is 1.48 bits per heavy atom. The average molecular weight is 307 g/mol. The van der Waals surface area contributed by atoms with Crippen molar-refractivity contribution in [3.63, 3.8) is 0 Å². The van der Waals surface area contributed by atoms with Crippen molar-refractivity contribution in [3.05, 3.63) is 37.5 Å². The molecule has 0 aromatic heterocycles. The summed E-state index contributed by atoms with van der Waals surface area (Å²) in [6, 6.07) is 0. The van der Waals surface area contributed by atoms with E-state index in [1.807, 2.05) is 20.8 Å². The largest absolute Gasteiger partial charge is 1.00 e. The molecule has 0 unspecified atom stereocenters. The van der Waals surface area contributed by atoms with Crippen LogP contribution in [0.1, 0.15) is 27.7 Å².